The highest BCUT2D eigenvalue weighted by atomic mass is 16.5. The molecule has 5 rings (SSSR count). The standard InChI is InChI=1S/C26H25N5O2/c1-33-26(32)20-11-12-24(27-18-20)30-13-15-31(16-14-30)25-22-10-6-5-9-21(22)23(28-29-25)17-19-7-3-2-4-8-19/h2-12,18H,13-17H2,1H3. The molecule has 3 heterocycles. The first-order valence-electron chi connectivity index (χ1n) is 11.1. The molecule has 1 aliphatic heterocycles. The highest BCUT2D eigenvalue weighted by Gasteiger charge is 2.22. The summed E-state index contributed by atoms with van der Waals surface area (Å²) in [6, 6.07) is 22.4. The van der Waals surface area contributed by atoms with Crippen LogP contribution < -0.4 is 9.80 Å². The number of aromatic nitrogens is 3. The quantitative estimate of drug-likeness (QED) is 0.439. The topological polar surface area (TPSA) is 71.5 Å². The van der Waals surface area contributed by atoms with Crippen LogP contribution >= 0.6 is 0 Å². The van der Waals surface area contributed by atoms with Crippen molar-refractivity contribution in [2.75, 3.05) is 43.1 Å². The van der Waals surface area contributed by atoms with Crippen LogP contribution in [0.3, 0.4) is 0 Å². The largest absolute Gasteiger partial charge is 0.465 e. The Morgan fingerprint density at radius 1 is 0.848 bits per heavy atom. The summed E-state index contributed by atoms with van der Waals surface area (Å²) in [6.07, 6.45) is 2.33. The summed E-state index contributed by atoms with van der Waals surface area (Å²) >= 11 is 0. The van der Waals surface area contributed by atoms with Gasteiger partial charge in [-0.2, -0.15) is 5.10 Å². The smallest absolute Gasteiger partial charge is 0.339 e. The molecule has 0 bridgehead atoms. The van der Waals surface area contributed by atoms with Crippen molar-refractivity contribution in [1.29, 1.82) is 0 Å². The van der Waals surface area contributed by atoms with Gasteiger partial charge in [-0.25, -0.2) is 9.78 Å². The zero-order valence-electron chi connectivity index (χ0n) is 18.5. The molecule has 33 heavy (non-hydrogen) atoms. The van der Waals surface area contributed by atoms with Gasteiger partial charge in [0.2, 0.25) is 0 Å². The summed E-state index contributed by atoms with van der Waals surface area (Å²) in [5.41, 5.74) is 2.68. The van der Waals surface area contributed by atoms with E-state index >= 15 is 0 Å². The molecule has 0 N–H and O–H groups in total. The first-order valence-corrected chi connectivity index (χ1v) is 11.1. The minimum absolute atomic E-state index is 0.375. The fourth-order valence-corrected chi connectivity index (χ4v) is 4.26. The number of ether oxygens (including phenoxy) is 1. The molecule has 0 aliphatic carbocycles. The molecule has 2 aromatic carbocycles. The summed E-state index contributed by atoms with van der Waals surface area (Å²) in [5.74, 6) is 1.41. The van der Waals surface area contributed by atoms with E-state index < -0.39 is 0 Å². The van der Waals surface area contributed by atoms with Gasteiger partial charge in [-0.3, -0.25) is 0 Å². The Hall–Kier alpha value is -4.00. The van der Waals surface area contributed by atoms with Gasteiger partial charge in [0.15, 0.2) is 5.82 Å². The zero-order valence-corrected chi connectivity index (χ0v) is 18.5. The highest BCUT2D eigenvalue weighted by Crippen LogP contribution is 2.28. The SMILES string of the molecule is COC(=O)c1ccc(N2CCN(c3nnc(Cc4ccccc4)c4ccccc34)CC2)nc1. The van der Waals surface area contributed by atoms with Crippen molar-refractivity contribution in [3.8, 4) is 0 Å². The second kappa shape index (κ2) is 9.24. The lowest BCUT2D eigenvalue weighted by Gasteiger charge is -2.36. The van der Waals surface area contributed by atoms with Crippen LogP contribution in [0.15, 0.2) is 72.9 Å². The number of benzene rings is 2. The zero-order chi connectivity index (χ0) is 22.6. The number of esters is 1. The number of rotatable bonds is 5. The van der Waals surface area contributed by atoms with E-state index in [0.717, 1.165) is 60.7 Å². The first-order chi connectivity index (χ1) is 16.2. The van der Waals surface area contributed by atoms with Crippen molar-refractivity contribution in [1.82, 2.24) is 15.2 Å². The van der Waals surface area contributed by atoms with Crippen LogP contribution in [0.4, 0.5) is 11.6 Å². The fraction of sp³-hybridized carbons (Fsp3) is 0.231. The molecule has 0 atom stereocenters. The van der Waals surface area contributed by atoms with Crippen LogP contribution in [-0.2, 0) is 11.2 Å². The number of nitrogens with zero attached hydrogens (tertiary/aromatic N) is 5. The molecule has 0 saturated carbocycles. The van der Waals surface area contributed by atoms with Crippen molar-refractivity contribution in [3.05, 3.63) is 89.7 Å². The van der Waals surface area contributed by atoms with Crippen molar-refractivity contribution in [3.63, 3.8) is 0 Å². The maximum absolute atomic E-state index is 11.6. The van der Waals surface area contributed by atoms with Crippen LogP contribution in [0.2, 0.25) is 0 Å². The minimum atomic E-state index is -0.375. The highest BCUT2D eigenvalue weighted by molar-refractivity contribution is 5.93. The molecule has 1 saturated heterocycles. The minimum Gasteiger partial charge on any atom is -0.465 e. The maximum Gasteiger partial charge on any atom is 0.339 e. The number of pyridine rings is 1. The van der Waals surface area contributed by atoms with Crippen LogP contribution in [0.1, 0.15) is 21.6 Å². The Labute approximate surface area is 192 Å². The summed E-state index contributed by atoms with van der Waals surface area (Å²) in [7, 11) is 1.37. The Balaban J connectivity index is 1.33. The van der Waals surface area contributed by atoms with E-state index in [4.69, 9.17) is 4.74 Å². The maximum atomic E-state index is 11.6. The van der Waals surface area contributed by atoms with Crippen LogP contribution in [0.5, 0.6) is 0 Å². The van der Waals surface area contributed by atoms with Crippen LogP contribution in [-0.4, -0.2) is 54.4 Å². The molecule has 1 aliphatic rings. The fourth-order valence-electron chi connectivity index (χ4n) is 4.26. The number of carbonyl (C=O) groups is 1. The number of anilines is 2. The van der Waals surface area contributed by atoms with Crippen molar-refractivity contribution >= 4 is 28.4 Å². The van der Waals surface area contributed by atoms with Crippen LogP contribution in [0, 0.1) is 0 Å². The number of methoxy groups -OCH3 is 1. The Morgan fingerprint density at radius 2 is 1.55 bits per heavy atom. The Kier molecular flexibility index (Phi) is 5.85. The average Bonchev–Trinajstić information content (AvgIpc) is 2.89. The van der Waals surface area contributed by atoms with E-state index in [-0.39, 0.29) is 5.97 Å². The molecular formula is C26H25N5O2. The summed E-state index contributed by atoms with van der Waals surface area (Å²) in [5, 5.41) is 11.6. The van der Waals surface area contributed by atoms with Gasteiger partial charge in [0, 0.05) is 49.6 Å². The monoisotopic (exact) mass is 439 g/mol. The summed E-state index contributed by atoms with van der Waals surface area (Å²) < 4.78 is 4.75. The molecule has 7 nitrogen and oxygen atoms in total. The number of hydrogen-bond donors (Lipinski definition) is 0. The average molecular weight is 440 g/mol. The van der Waals surface area contributed by atoms with Gasteiger partial charge >= 0.3 is 5.97 Å². The van der Waals surface area contributed by atoms with Crippen LogP contribution in [0.25, 0.3) is 10.8 Å². The van der Waals surface area contributed by atoms with E-state index in [2.05, 4.69) is 73.5 Å². The lowest BCUT2D eigenvalue weighted by molar-refractivity contribution is 0.0600. The predicted molar refractivity (Wildman–Crippen MR) is 129 cm³/mol. The van der Waals surface area contributed by atoms with Gasteiger partial charge in [0.1, 0.15) is 5.82 Å². The number of piperazine rings is 1. The third kappa shape index (κ3) is 4.35. The molecule has 0 spiro atoms. The van der Waals surface area contributed by atoms with Gasteiger partial charge in [0.05, 0.1) is 18.4 Å². The lowest BCUT2D eigenvalue weighted by Crippen LogP contribution is -2.47. The lowest BCUT2D eigenvalue weighted by atomic mass is 10.0. The number of hydrogen-bond acceptors (Lipinski definition) is 7. The van der Waals surface area contributed by atoms with E-state index in [1.54, 1.807) is 12.3 Å². The van der Waals surface area contributed by atoms with E-state index in [1.165, 1.54) is 12.7 Å². The number of fused-ring (bicyclic) bond motifs is 1. The van der Waals surface area contributed by atoms with Gasteiger partial charge in [-0.1, -0.05) is 54.6 Å². The van der Waals surface area contributed by atoms with E-state index in [1.807, 2.05) is 12.1 Å². The number of carbonyl (C=O) groups excluding carboxylic acids is 1. The molecule has 4 aromatic rings. The van der Waals surface area contributed by atoms with Crippen molar-refractivity contribution in [2.45, 2.75) is 6.42 Å². The second-order valence-corrected chi connectivity index (χ2v) is 8.05. The summed E-state index contributed by atoms with van der Waals surface area (Å²) in [4.78, 5) is 20.6. The molecule has 166 valence electrons. The first kappa shape index (κ1) is 20.9. The third-order valence-corrected chi connectivity index (χ3v) is 6.03. The second-order valence-electron chi connectivity index (χ2n) is 8.05. The molecule has 7 heteroatoms. The van der Waals surface area contributed by atoms with Gasteiger partial charge in [-0.15, -0.1) is 5.10 Å². The molecular weight excluding hydrogens is 414 g/mol. The predicted octanol–water partition coefficient (Wildman–Crippen LogP) is 3.73. The molecule has 1 fully saturated rings. The van der Waals surface area contributed by atoms with Crippen molar-refractivity contribution in [2.24, 2.45) is 0 Å². The van der Waals surface area contributed by atoms with Gasteiger partial charge in [-0.05, 0) is 17.7 Å². The molecule has 0 radical (unpaired) electrons. The van der Waals surface area contributed by atoms with Crippen molar-refractivity contribution < 1.29 is 9.53 Å². The normalized spacial score (nSPS) is 13.8. The Morgan fingerprint density at radius 3 is 2.24 bits per heavy atom. The van der Waals surface area contributed by atoms with E-state index in [0.29, 0.717) is 5.56 Å². The molecule has 0 unspecified atom stereocenters. The third-order valence-electron chi connectivity index (χ3n) is 6.03. The van der Waals surface area contributed by atoms with Gasteiger partial charge in [0.25, 0.3) is 0 Å². The summed E-state index contributed by atoms with van der Waals surface area (Å²) in [6.45, 7) is 3.26. The van der Waals surface area contributed by atoms with Gasteiger partial charge < -0.3 is 14.5 Å². The van der Waals surface area contributed by atoms with E-state index in [9.17, 15) is 4.79 Å². The Bertz CT molecular complexity index is 1250. The molecule has 2 aromatic heterocycles. The molecule has 0 amide bonds.